The van der Waals surface area contributed by atoms with Crippen LogP contribution in [0.2, 0.25) is 0 Å². The van der Waals surface area contributed by atoms with Gasteiger partial charge in [0.2, 0.25) is 0 Å². The molecule has 0 saturated carbocycles. The van der Waals surface area contributed by atoms with Crippen LogP contribution in [0.25, 0.3) is 0 Å². The van der Waals surface area contributed by atoms with Crippen molar-refractivity contribution in [1.29, 1.82) is 0 Å². The van der Waals surface area contributed by atoms with Gasteiger partial charge in [-0.25, -0.2) is 4.98 Å². The summed E-state index contributed by atoms with van der Waals surface area (Å²) in [6.07, 6.45) is 0. The lowest BCUT2D eigenvalue weighted by molar-refractivity contribution is 1.10. The van der Waals surface area contributed by atoms with Gasteiger partial charge in [0.15, 0.2) is 0 Å². The standard InChI is InChI=1S/C12H10Br2N2/c13-10-4-1-3-9(7-10)8-15-12-6-2-5-11(14)16-12/h1-7H,8H2,(H,15,16). The lowest BCUT2D eigenvalue weighted by Crippen LogP contribution is -2.00. The minimum absolute atomic E-state index is 0.767. The van der Waals surface area contributed by atoms with Gasteiger partial charge in [-0.05, 0) is 45.8 Å². The van der Waals surface area contributed by atoms with Gasteiger partial charge in [-0.2, -0.15) is 0 Å². The molecule has 0 fully saturated rings. The normalized spacial score (nSPS) is 10.1. The van der Waals surface area contributed by atoms with Crippen molar-refractivity contribution in [2.75, 3.05) is 5.32 Å². The molecular weight excluding hydrogens is 332 g/mol. The Morgan fingerprint density at radius 1 is 1.06 bits per heavy atom. The maximum atomic E-state index is 4.30. The van der Waals surface area contributed by atoms with Crippen LogP contribution in [0.3, 0.4) is 0 Å². The van der Waals surface area contributed by atoms with Crippen molar-refractivity contribution < 1.29 is 0 Å². The summed E-state index contributed by atoms with van der Waals surface area (Å²) in [7, 11) is 0. The molecule has 0 bridgehead atoms. The average Bonchev–Trinajstić information content (AvgIpc) is 2.27. The van der Waals surface area contributed by atoms with Gasteiger partial charge in [0.25, 0.3) is 0 Å². The van der Waals surface area contributed by atoms with Crippen molar-refractivity contribution in [2.24, 2.45) is 0 Å². The smallest absolute Gasteiger partial charge is 0.127 e. The molecule has 0 unspecified atom stereocenters. The molecule has 1 N–H and O–H groups in total. The maximum Gasteiger partial charge on any atom is 0.127 e. The minimum Gasteiger partial charge on any atom is -0.366 e. The van der Waals surface area contributed by atoms with E-state index in [4.69, 9.17) is 0 Å². The predicted octanol–water partition coefficient (Wildman–Crippen LogP) is 4.22. The molecule has 0 aliphatic rings. The summed E-state index contributed by atoms with van der Waals surface area (Å²) in [5, 5.41) is 3.27. The molecule has 0 saturated heterocycles. The molecule has 4 heteroatoms. The van der Waals surface area contributed by atoms with E-state index in [1.54, 1.807) is 0 Å². The van der Waals surface area contributed by atoms with E-state index in [0.717, 1.165) is 21.4 Å². The van der Waals surface area contributed by atoms with E-state index < -0.39 is 0 Å². The van der Waals surface area contributed by atoms with E-state index in [9.17, 15) is 0 Å². The zero-order valence-corrected chi connectivity index (χ0v) is 11.6. The summed E-state index contributed by atoms with van der Waals surface area (Å²) in [6.45, 7) is 0.767. The van der Waals surface area contributed by atoms with Gasteiger partial charge in [-0.1, -0.05) is 34.1 Å². The lowest BCUT2D eigenvalue weighted by atomic mass is 10.2. The number of anilines is 1. The Hall–Kier alpha value is -0.870. The number of benzene rings is 1. The van der Waals surface area contributed by atoms with E-state index in [0.29, 0.717) is 0 Å². The molecule has 0 aliphatic carbocycles. The average molecular weight is 342 g/mol. The van der Waals surface area contributed by atoms with Gasteiger partial charge >= 0.3 is 0 Å². The predicted molar refractivity (Wildman–Crippen MR) is 73.4 cm³/mol. The third-order valence-corrected chi connectivity index (χ3v) is 3.01. The molecule has 1 aromatic heterocycles. The van der Waals surface area contributed by atoms with Crippen LogP contribution in [0.4, 0.5) is 5.82 Å². The van der Waals surface area contributed by atoms with Crippen LogP contribution >= 0.6 is 31.9 Å². The van der Waals surface area contributed by atoms with Gasteiger partial charge in [0.1, 0.15) is 10.4 Å². The Labute approximate surface area is 111 Å². The lowest BCUT2D eigenvalue weighted by Gasteiger charge is -2.06. The molecular formula is C12H10Br2N2. The number of hydrogen-bond donors (Lipinski definition) is 1. The van der Waals surface area contributed by atoms with Crippen LogP contribution in [0.15, 0.2) is 51.5 Å². The number of nitrogens with one attached hydrogen (secondary N) is 1. The van der Waals surface area contributed by atoms with E-state index >= 15 is 0 Å². The van der Waals surface area contributed by atoms with Crippen LogP contribution in [0.1, 0.15) is 5.56 Å². The van der Waals surface area contributed by atoms with E-state index in [2.05, 4.69) is 54.3 Å². The van der Waals surface area contributed by atoms with Gasteiger partial charge < -0.3 is 5.32 Å². The zero-order chi connectivity index (χ0) is 11.4. The summed E-state index contributed by atoms with van der Waals surface area (Å²) in [4.78, 5) is 4.30. The summed E-state index contributed by atoms with van der Waals surface area (Å²) >= 11 is 6.79. The molecule has 0 aliphatic heterocycles. The highest BCUT2D eigenvalue weighted by Crippen LogP contribution is 2.14. The second-order valence-corrected chi connectivity index (χ2v) is 5.06. The highest BCUT2D eigenvalue weighted by molar-refractivity contribution is 9.10. The Bertz CT molecular complexity index is 440. The fraction of sp³-hybridized carbons (Fsp3) is 0.0833. The van der Waals surface area contributed by atoms with E-state index in [1.165, 1.54) is 5.56 Å². The molecule has 1 aromatic carbocycles. The van der Waals surface area contributed by atoms with Crippen molar-refractivity contribution in [3.05, 3.63) is 57.1 Å². The first-order chi connectivity index (χ1) is 7.74. The first kappa shape index (κ1) is 11.6. The highest BCUT2D eigenvalue weighted by atomic mass is 79.9. The number of hydrogen-bond acceptors (Lipinski definition) is 2. The third kappa shape index (κ3) is 3.32. The summed E-state index contributed by atoms with van der Waals surface area (Å²) in [5.74, 6) is 0.870. The number of aromatic nitrogens is 1. The molecule has 0 amide bonds. The second kappa shape index (κ2) is 5.46. The quantitative estimate of drug-likeness (QED) is 0.845. The molecule has 2 aromatic rings. The second-order valence-electron chi connectivity index (χ2n) is 3.33. The van der Waals surface area contributed by atoms with Crippen LogP contribution in [0.5, 0.6) is 0 Å². The van der Waals surface area contributed by atoms with Gasteiger partial charge in [0.05, 0.1) is 0 Å². The van der Waals surface area contributed by atoms with Gasteiger partial charge in [-0.15, -0.1) is 0 Å². The summed E-state index contributed by atoms with van der Waals surface area (Å²) in [6, 6.07) is 14.0. The topological polar surface area (TPSA) is 24.9 Å². The fourth-order valence-corrected chi connectivity index (χ4v) is 2.14. The zero-order valence-electron chi connectivity index (χ0n) is 8.45. The van der Waals surface area contributed by atoms with Gasteiger partial charge in [0, 0.05) is 11.0 Å². The summed E-state index contributed by atoms with van der Waals surface area (Å²) < 4.78 is 1.93. The first-order valence-electron chi connectivity index (χ1n) is 4.85. The van der Waals surface area contributed by atoms with Crippen LogP contribution in [-0.4, -0.2) is 4.98 Å². The van der Waals surface area contributed by atoms with Crippen molar-refractivity contribution in [2.45, 2.75) is 6.54 Å². The molecule has 2 nitrogen and oxygen atoms in total. The van der Waals surface area contributed by atoms with Crippen molar-refractivity contribution in [1.82, 2.24) is 4.98 Å². The first-order valence-corrected chi connectivity index (χ1v) is 6.43. The minimum atomic E-state index is 0.767. The monoisotopic (exact) mass is 340 g/mol. The Kier molecular flexibility index (Phi) is 3.96. The Morgan fingerprint density at radius 3 is 2.62 bits per heavy atom. The summed E-state index contributed by atoms with van der Waals surface area (Å²) in [5.41, 5.74) is 1.22. The Morgan fingerprint density at radius 2 is 1.88 bits per heavy atom. The number of halogens is 2. The largest absolute Gasteiger partial charge is 0.366 e. The molecule has 1 heterocycles. The van der Waals surface area contributed by atoms with Crippen LogP contribution in [-0.2, 0) is 6.54 Å². The molecule has 16 heavy (non-hydrogen) atoms. The van der Waals surface area contributed by atoms with Crippen molar-refractivity contribution >= 4 is 37.7 Å². The fourth-order valence-electron chi connectivity index (χ4n) is 1.35. The third-order valence-electron chi connectivity index (χ3n) is 2.08. The van der Waals surface area contributed by atoms with E-state index in [-0.39, 0.29) is 0 Å². The van der Waals surface area contributed by atoms with E-state index in [1.807, 2.05) is 30.3 Å². The van der Waals surface area contributed by atoms with Crippen molar-refractivity contribution in [3.63, 3.8) is 0 Å². The number of rotatable bonds is 3. The van der Waals surface area contributed by atoms with Crippen molar-refractivity contribution in [3.8, 4) is 0 Å². The molecule has 0 radical (unpaired) electrons. The molecule has 0 spiro atoms. The number of nitrogens with zero attached hydrogens (tertiary/aromatic N) is 1. The highest BCUT2D eigenvalue weighted by Gasteiger charge is 1.96. The van der Waals surface area contributed by atoms with Crippen LogP contribution in [0, 0.1) is 0 Å². The van der Waals surface area contributed by atoms with Gasteiger partial charge in [-0.3, -0.25) is 0 Å². The SMILES string of the molecule is Brc1cccc(CNc2cccc(Br)n2)c1. The Balaban J connectivity index is 2.02. The maximum absolute atomic E-state index is 4.30. The molecule has 0 atom stereocenters. The molecule has 82 valence electrons. The van der Waals surface area contributed by atoms with Crippen LogP contribution < -0.4 is 5.32 Å². The number of pyridine rings is 1. The molecule has 2 rings (SSSR count).